The minimum Gasteiger partial charge on any atom is -0.398 e. The summed E-state index contributed by atoms with van der Waals surface area (Å²) < 4.78 is 28.2. The van der Waals surface area contributed by atoms with Crippen molar-refractivity contribution in [3.63, 3.8) is 0 Å². The van der Waals surface area contributed by atoms with Crippen molar-refractivity contribution < 1.29 is 8.42 Å². The van der Waals surface area contributed by atoms with Crippen molar-refractivity contribution >= 4 is 48.9 Å². The molecule has 3 N–H and O–H groups in total. The molecular weight excluding hydrogens is 376 g/mol. The van der Waals surface area contributed by atoms with E-state index >= 15 is 0 Å². The van der Waals surface area contributed by atoms with Crippen molar-refractivity contribution in [3.8, 4) is 0 Å². The third-order valence-electron chi connectivity index (χ3n) is 3.02. The van der Waals surface area contributed by atoms with Crippen LogP contribution in [0.5, 0.6) is 0 Å². The Labute approximate surface area is 137 Å². The molecule has 0 heterocycles. The molecule has 0 aromatic heterocycles. The lowest BCUT2D eigenvalue weighted by molar-refractivity contribution is 0.600. The normalized spacial score (nSPS) is 11.4. The lowest BCUT2D eigenvalue weighted by atomic mass is 10.2. The predicted octanol–water partition coefficient (Wildman–Crippen LogP) is 4.10. The van der Waals surface area contributed by atoms with Crippen LogP contribution in [0, 0.1) is 13.8 Å². The van der Waals surface area contributed by atoms with Crippen LogP contribution < -0.4 is 10.5 Å². The zero-order chi connectivity index (χ0) is 15.8. The van der Waals surface area contributed by atoms with Crippen molar-refractivity contribution in [1.29, 1.82) is 0 Å². The first kappa shape index (κ1) is 16.1. The molecule has 0 saturated heterocycles. The van der Waals surface area contributed by atoms with Gasteiger partial charge in [-0.15, -0.1) is 0 Å². The number of halogens is 2. The second-order valence-electron chi connectivity index (χ2n) is 4.71. The van der Waals surface area contributed by atoms with Crippen LogP contribution in [-0.4, -0.2) is 8.42 Å². The van der Waals surface area contributed by atoms with E-state index in [1.54, 1.807) is 13.0 Å². The van der Waals surface area contributed by atoms with E-state index in [1.165, 1.54) is 12.1 Å². The molecule has 0 spiro atoms. The van der Waals surface area contributed by atoms with Gasteiger partial charge >= 0.3 is 0 Å². The molecule has 21 heavy (non-hydrogen) atoms. The lowest BCUT2D eigenvalue weighted by Crippen LogP contribution is -2.15. The van der Waals surface area contributed by atoms with Crippen molar-refractivity contribution in [2.24, 2.45) is 0 Å². The number of nitrogens with one attached hydrogen (secondary N) is 1. The molecule has 7 heteroatoms. The standard InChI is InChI=1S/C14H14BrClN2O2S/c1-8-3-4-13(11(15)5-8)18-21(19,20)14-7-10(16)6-12(17)9(14)2/h3-7,18H,17H2,1-2H3. The van der Waals surface area contributed by atoms with Crippen LogP contribution in [-0.2, 0) is 10.0 Å². The maximum absolute atomic E-state index is 12.5. The van der Waals surface area contributed by atoms with Gasteiger partial charge in [-0.25, -0.2) is 8.42 Å². The molecule has 0 fully saturated rings. The van der Waals surface area contributed by atoms with Gasteiger partial charge in [0, 0.05) is 15.2 Å². The minimum absolute atomic E-state index is 0.0694. The van der Waals surface area contributed by atoms with Gasteiger partial charge in [0.05, 0.1) is 10.6 Å². The SMILES string of the molecule is Cc1ccc(NS(=O)(=O)c2cc(Cl)cc(N)c2C)c(Br)c1. The first-order valence-corrected chi connectivity index (χ1v) is 8.71. The van der Waals surface area contributed by atoms with Gasteiger partial charge in [-0.1, -0.05) is 17.7 Å². The van der Waals surface area contributed by atoms with E-state index in [2.05, 4.69) is 20.7 Å². The average Bonchev–Trinajstić information content (AvgIpc) is 2.37. The van der Waals surface area contributed by atoms with E-state index in [0.717, 1.165) is 5.56 Å². The molecule has 0 aliphatic heterocycles. The zero-order valence-corrected chi connectivity index (χ0v) is 14.6. The van der Waals surface area contributed by atoms with Crippen molar-refractivity contribution in [1.82, 2.24) is 0 Å². The number of aryl methyl sites for hydroxylation is 1. The Hall–Kier alpha value is -1.24. The monoisotopic (exact) mass is 388 g/mol. The molecule has 0 radical (unpaired) electrons. The van der Waals surface area contributed by atoms with Gasteiger partial charge in [0.15, 0.2) is 0 Å². The average molecular weight is 390 g/mol. The van der Waals surface area contributed by atoms with Gasteiger partial charge in [0.2, 0.25) is 0 Å². The summed E-state index contributed by atoms with van der Waals surface area (Å²) in [5.41, 5.74) is 8.06. The summed E-state index contributed by atoms with van der Waals surface area (Å²) in [6.45, 7) is 3.56. The Morgan fingerprint density at radius 2 is 1.86 bits per heavy atom. The highest BCUT2D eigenvalue weighted by atomic mass is 79.9. The Balaban J connectivity index is 2.48. The van der Waals surface area contributed by atoms with Crippen LogP contribution in [0.1, 0.15) is 11.1 Å². The first-order chi connectivity index (χ1) is 9.70. The molecule has 2 rings (SSSR count). The smallest absolute Gasteiger partial charge is 0.262 e. The van der Waals surface area contributed by atoms with Crippen molar-refractivity contribution in [2.75, 3.05) is 10.5 Å². The number of rotatable bonds is 3. The number of hydrogen-bond acceptors (Lipinski definition) is 3. The van der Waals surface area contributed by atoms with E-state index in [1.807, 2.05) is 19.1 Å². The molecule has 0 amide bonds. The fourth-order valence-corrected chi connectivity index (χ4v) is 4.25. The van der Waals surface area contributed by atoms with Crippen LogP contribution in [0.15, 0.2) is 39.7 Å². The first-order valence-electron chi connectivity index (χ1n) is 6.05. The summed E-state index contributed by atoms with van der Waals surface area (Å²) >= 11 is 9.24. The van der Waals surface area contributed by atoms with Crippen molar-refractivity contribution in [3.05, 3.63) is 51.0 Å². The number of nitrogens with two attached hydrogens (primary N) is 1. The fraction of sp³-hybridized carbons (Fsp3) is 0.143. The Kier molecular flexibility index (Phi) is 4.51. The second kappa shape index (κ2) is 5.87. The fourth-order valence-electron chi connectivity index (χ4n) is 1.86. The van der Waals surface area contributed by atoms with Crippen LogP contribution >= 0.6 is 27.5 Å². The maximum atomic E-state index is 12.5. The van der Waals surface area contributed by atoms with E-state index < -0.39 is 10.0 Å². The molecule has 0 bridgehead atoms. The molecule has 4 nitrogen and oxygen atoms in total. The predicted molar refractivity (Wildman–Crippen MR) is 90.3 cm³/mol. The maximum Gasteiger partial charge on any atom is 0.262 e. The summed E-state index contributed by atoms with van der Waals surface area (Å²) in [7, 11) is -3.77. The zero-order valence-electron chi connectivity index (χ0n) is 11.4. The highest BCUT2D eigenvalue weighted by Crippen LogP contribution is 2.30. The van der Waals surface area contributed by atoms with Gasteiger partial charge in [-0.3, -0.25) is 4.72 Å². The van der Waals surface area contributed by atoms with Crippen molar-refractivity contribution in [2.45, 2.75) is 18.7 Å². The van der Waals surface area contributed by atoms with Gasteiger partial charge in [-0.05, 0) is 65.2 Å². The molecule has 2 aromatic rings. The Morgan fingerprint density at radius 1 is 1.19 bits per heavy atom. The number of anilines is 2. The van der Waals surface area contributed by atoms with Gasteiger partial charge in [0.25, 0.3) is 10.0 Å². The highest BCUT2D eigenvalue weighted by molar-refractivity contribution is 9.10. The number of sulfonamides is 1. The largest absolute Gasteiger partial charge is 0.398 e. The number of hydrogen-bond donors (Lipinski definition) is 2. The number of nitrogen functional groups attached to an aromatic ring is 1. The third kappa shape index (κ3) is 3.51. The van der Waals surface area contributed by atoms with Crippen LogP contribution in [0.3, 0.4) is 0 Å². The van der Waals surface area contributed by atoms with Crippen LogP contribution in [0.25, 0.3) is 0 Å². The third-order valence-corrected chi connectivity index (χ3v) is 5.39. The van der Waals surface area contributed by atoms with Gasteiger partial charge in [-0.2, -0.15) is 0 Å². The molecule has 0 saturated carbocycles. The highest BCUT2D eigenvalue weighted by Gasteiger charge is 2.20. The topological polar surface area (TPSA) is 72.2 Å². The Bertz CT molecular complexity index is 807. The van der Waals surface area contributed by atoms with Crippen LogP contribution in [0.2, 0.25) is 5.02 Å². The number of benzene rings is 2. The molecule has 0 aliphatic rings. The summed E-state index contributed by atoms with van der Waals surface area (Å²) in [6.07, 6.45) is 0. The summed E-state index contributed by atoms with van der Waals surface area (Å²) in [6, 6.07) is 8.26. The lowest BCUT2D eigenvalue weighted by Gasteiger charge is -2.13. The van der Waals surface area contributed by atoms with Gasteiger partial charge in [0.1, 0.15) is 0 Å². The van der Waals surface area contributed by atoms with E-state index in [0.29, 0.717) is 21.4 Å². The molecular formula is C14H14BrClN2O2S. The Morgan fingerprint density at radius 3 is 2.48 bits per heavy atom. The van der Waals surface area contributed by atoms with Crippen LogP contribution in [0.4, 0.5) is 11.4 Å². The summed E-state index contributed by atoms with van der Waals surface area (Å²) in [5.74, 6) is 0. The quantitative estimate of drug-likeness (QED) is 0.776. The second-order valence-corrected chi connectivity index (χ2v) is 7.65. The minimum atomic E-state index is -3.77. The van der Waals surface area contributed by atoms with Gasteiger partial charge < -0.3 is 5.73 Å². The molecule has 112 valence electrons. The van der Waals surface area contributed by atoms with E-state index in [4.69, 9.17) is 17.3 Å². The summed E-state index contributed by atoms with van der Waals surface area (Å²) in [4.78, 5) is 0.0694. The molecule has 0 unspecified atom stereocenters. The molecule has 2 aromatic carbocycles. The summed E-state index contributed by atoms with van der Waals surface area (Å²) in [5, 5.41) is 0.279. The molecule has 0 atom stereocenters. The van der Waals surface area contributed by atoms with E-state index in [-0.39, 0.29) is 9.92 Å². The van der Waals surface area contributed by atoms with E-state index in [9.17, 15) is 8.42 Å². The molecule has 0 aliphatic carbocycles.